The van der Waals surface area contributed by atoms with Gasteiger partial charge in [0.05, 0.1) is 16.3 Å². The predicted octanol–water partition coefficient (Wildman–Crippen LogP) is 2.82. The first-order chi connectivity index (χ1) is 21.2. The number of aromatic amines is 1. The van der Waals surface area contributed by atoms with E-state index in [9.17, 15) is 18.0 Å². The molecule has 1 fully saturated rings. The van der Waals surface area contributed by atoms with Crippen LogP contribution in [0.3, 0.4) is 0 Å². The molecule has 0 spiro atoms. The number of hydrogen-bond acceptors (Lipinski definition) is 7. The van der Waals surface area contributed by atoms with Gasteiger partial charge in [-0.05, 0) is 93.4 Å². The minimum Gasteiger partial charge on any atom is -0.366 e. The van der Waals surface area contributed by atoms with Gasteiger partial charge in [0.15, 0.2) is 0 Å². The van der Waals surface area contributed by atoms with Crippen molar-refractivity contribution in [3.05, 3.63) is 94.8 Å². The number of primary amides is 1. The molecular formula is C31H34N8O4S. The van der Waals surface area contributed by atoms with Gasteiger partial charge in [-0.25, -0.2) is 13.2 Å². The van der Waals surface area contributed by atoms with E-state index in [1.165, 1.54) is 4.57 Å². The van der Waals surface area contributed by atoms with E-state index in [2.05, 4.69) is 20.4 Å². The summed E-state index contributed by atoms with van der Waals surface area (Å²) in [5.74, 6) is -0.555. The number of aryl methyl sites for hydroxylation is 2. The number of carbonyl (C=O) groups excluding carboxylic acids is 1. The number of hydrogen-bond donors (Lipinski definition) is 3. The molecule has 3 aromatic heterocycles. The van der Waals surface area contributed by atoms with Gasteiger partial charge in [0.1, 0.15) is 5.65 Å². The fraction of sp³-hybridized carbons (Fsp3) is 0.290. The van der Waals surface area contributed by atoms with Crippen LogP contribution in [0.15, 0.2) is 82.7 Å². The average Bonchev–Trinajstić information content (AvgIpc) is 3.64. The van der Waals surface area contributed by atoms with Crippen molar-refractivity contribution in [2.24, 2.45) is 5.73 Å². The van der Waals surface area contributed by atoms with E-state index < -0.39 is 21.6 Å². The molecule has 0 aliphatic carbocycles. The summed E-state index contributed by atoms with van der Waals surface area (Å²) in [4.78, 5) is 31.8. The Kier molecular flexibility index (Phi) is 8.17. The first kappa shape index (κ1) is 29.5. The molecule has 5 aromatic rings. The number of sulfonamides is 1. The quantitative estimate of drug-likeness (QED) is 0.218. The highest BCUT2D eigenvalue weighted by Crippen LogP contribution is 2.28. The van der Waals surface area contributed by atoms with E-state index in [0.29, 0.717) is 53.1 Å². The molecule has 6 rings (SSSR count). The van der Waals surface area contributed by atoms with Crippen molar-refractivity contribution in [3.8, 4) is 16.9 Å². The first-order valence-electron chi connectivity index (χ1n) is 14.5. The minimum atomic E-state index is -3.81. The van der Waals surface area contributed by atoms with Gasteiger partial charge in [-0.2, -0.15) is 14.4 Å². The highest BCUT2D eigenvalue weighted by molar-refractivity contribution is 7.89. The van der Waals surface area contributed by atoms with E-state index in [1.807, 2.05) is 36.0 Å². The smallest absolute Gasteiger partial charge is 0.354 e. The van der Waals surface area contributed by atoms with E-state index in [0.717, 1.165) is 31.6 Å². The molecule has 1 aliphatic heterocycles. The lowest BCUT2D eigenvalue weighted by molar-refractivity contribution is 0.1000. The van der Waals surface area contributed by atoms with Crippen LogP contribution in [0.4, 0.5) is 0 Å². The summed E-state index contributed by atoms with van der Waals surface area (Å²) in [5, 5.41) is 8.42. The van der Waals surface area contributed by atoms with Crippen LogP contribution < -0.4 is 16.7 Å². The Labute approximate surface area is 254 Å². The van der Waals surface area contributed by atoms with Crippen molar-refractivity contribution < 1.29 is 13.2 Å². The second kappa shape index (κ2) is 12.2. The molecule has 228 valence electrons. The molecule has 0 saturated carbocycles. The lowest BCUT2D eigenvalue weighted by atomic mass is 10.1. The summed E-state index contributed by atoms with van der Waals surface area (Å²) in [5.41, 5.74) is 8.30. The molecule has 44 heavy (non-hydrogen) atoms. The van der Waals surface area contributed by atoms with Gasteiger partial charge in [-0.15, -0.1) is 0 Å². The minimum absolute atomic E-state index is 0.0931. The number of carbonyl (C=O) groups is 1. The van der Waals surface area contributed by atoms with Crippen molar-refractivity contribution in [3.63, 3.8) is 0 Å². The van der Waals surface area contributed by atoms with Gasteiger partial charge in [-0.1, -0.05) is 12.1 Å². The summed E-state index contributed by atoms with van der Waals surface area (Å²) < 4.78 is 33.2. The number of nitrogens with two attached hydrogens (primary N) is 1. The topological polar surface area (TPSA) is 161 Å². The molecule has 1 aliphatic rings. The fourth-order valence-electron chi connectivity index (χ4n) is 5.65. The van der Waals surface area contributed by atoms with Crippen LogP contribution in [0.2, 0.25) is 0 Å². The summed E-state index contributed by atoms with van der Waals surface area (Å²) in [6.07, 6.45) is 5.70. The second-order valence-electron chi connectivity index (χ2n) is 11.0. The third-order valence-corrected chi connectivity index (χ3v) is 9.89. The SMILES string of the molecule is Cc1ccn(CCCN(C2CCNCC2)S(=O)(=O)c2cccc(-c3cc4cn(-c5ccc(C(N)=O)cc5)c(=O)nc4[nH]3)c2)n1. The van der Waals surface area contributed by atoms with Crippen molar-refractivity contribution in [1.82, 2.24) is 33.9 Å². The van der Waals surface area contributed by atoms with Gasteiger partial charge < -0.3 is 16.0 Å². The summed E-state index contributed by atoms with van der Waals surface area (Å²) in [6.45, 7) is 4.49. The number of piperidine rings is 1. The molecule has 1 amide bonds. The number of benzene rings is 2. The van der Waals surface area contributed by atoms with Gasteiger partial charge in [0, 0.05) is 48.2 Å². The van der Waals surface area contributed by atoms with Crippen molar-refractivity contribution in [2.75, 3.05) is 19.6 Å². The normalized spacial score (nSPS) is 14.4. The zero-order valence-corrected chi connectivity index (χ0v) is 25.1. The van der Waals surface area contributed by atoms with Gasteiger partial charge in [-0.3, -0.25) is 14.0 Å². The Morgan fingerprint density at radius 1 is 1.09 bits per heavy atom. The average molecular weight is 615 g/mol. The van der Waals surface area contributed by atoms with Crippen LogP contribution in [0.5, 0.6) is 0 Å². The van der Waals surface area contributed by atoms with Crippen LogP contribution in [-0.2, 0) is 16.6 Å². The zero-order valence-electron chi connectivity index (χ0n) is 24.3. The van der Waals surface area contributed by atoms with Crippen LogP contribution in [0, 0.1) is 6.92 Å². The third kappa shape index (κ3) is 6.07. The number of aromatic nitrogens is 5. The third-order valence-electron chi connectivity index (χ3n) is 7.95. The van der Waals surface area contributed by atoms with Crippen molar-refractivity contribution >= 4 is 27.0 Å². The maximum absolute atomic E-state index is 14.1. The molecular weight excluding hydrogens is 580 g/mol. The molecule has 0 bridgehead atoms. The summed E-state index contributed by atoms with van der Waals surface area (Å²) in [7, 11) is -3.81. The number of rotatable bonds is 10. The largest absolute Gasteiger partial charge is 0.366 e. The Morgan fingerprint density at radius 2 is 1.86 bits per heavy atom. The van der Waals surface area contributed by atoms with E-state index in [4.69, 9.17) is 5.73 Å². The highest BCUT2D eigenvalue weighted by Gasteiger charge is 2.32. The maximum atomic E-state index is 14.1. The lowest BCUT2D eigenvalue weighted by Crippen LogP contribution is -2.46. The molecule has 13 heteroatoms. The van der Waals surface area contributed by atoms with Crippen molar-refractivity contribution in [1.29, 1.82) is 0 Å². The number of nitrogens with one attached hydrogen (secondary N) is 2. The standard InChI is InChI=1S/C31H34N8O4S/c1-21-12-17-37(36-21)15-3-16-39(26-10-13-33-14-11-26)44(42,43)27-5-2-4-23(18-27)28-19-24-20-38(31(41)35-30(24)34-28)25-8-6-22(7-9-25)29(32)40/h2,4-9,12,17-20,26,33H,3,10-11,13-16H2,1H3,(H2,32,40)(H,34,35,41). The maximum Gasteiger partial charge on any atom is 0.354 e. The number of amides is 1. The second-order valence-corrected chi connectivity index (χ2v) is 12.9. The number of fused-ring (bicyclic) bond motifs is 1. The van der Waals surface area contributed by atoms with Crippen LogP contribution >= 0.6 is 0 Å². The van der Waals surface area contributed by atoms with E-state index in [-0.39, 0.29) is 10.9 Å². The number of H-pyrrole nitrogens is 1. The zero-order chi connectivity index (χ0) is 30.8. The molecule has 0 radical (unpaired) electrons. The molecule has 0 unspecified atom stereocenters. The monoisotopic (exact) mass is 614 g/mol. The molecule has 2 aromatic carbocycles. The summed E-state index contributed by atoms with van der Waals surface area (Å²) >= 11 is 0. The predicted molar refractivity (Wildman–Crippen MR) is 167 cm³/mol. The van der Waals surface area contributed by atoms with Crippen LogP contribution in [-0.4, -0.2) is 68.6 Å². The number of nitrogens with zero attached hydrogens (tertiary/aromatic N) is 5. The highest BCUT2D eigenvalue weighted by atomic mass is 32.2. The summed E-state index contributed by atoms with van der Waals surface area (Å²) in [6, 6.07) is 16.9. The molecule has 0 atom stereocenters. The van der Waals surface area contributed by atoms with E-state index >= 15 is 0 Å². The van der Waals surface area contributed by atoms with Crippen molar-refractivity contribution in [2.45, 2.75) is 43.7 Å². The van der Waals surface area contributed by atoms with Gasteiger partial charge >= 0.3 is 5.69 Å². The molecule has 4 heterocycles. The Balaban J connectivity index is 1.29. The molecule has 4 N–H and O–H groups in total. The van der Waals surface area contributed by atoms with Crippen LogP contribution in [0.1, 0.15) is 35.3 Å². The fourth-order valence-corrected chi connectivity index (χ4v) is 7.42. The first-order valence-corrected chi connectivity index (χ1v) is 16.0. The Hall–Kier alpha value is -4.59. The van der Waals surface area contributed by atoms with E-state index in [1.54, 1.807) is 53.0 Å². The molecule has 1 saturated heterocycles. The van der Waals surface area contributed by atoms with Crippen LogP contribution in [0.25, 0.3) is 28.0 Å². The van der Waals surface area contributed by atoms with Gasteiger partial charge in [0.2, 0.25) is 15.9 Å². The lowest BCUT2D eigenvalue weighted by Gasteiger charge is -2.34. The Bertz CT molecular complexity index is 1970. The molecule has 12 nitrogen and oxygen atoms in total. The van der Waals surface area contributed by atoms with Gasteiger partial charge in [0.25, 0.3) is 0 Å². The Morgan fingerprint density at radius 3 is 2.57 bits per heavy atom.